The molecule has 0 aliphatic heterocycles. The average molecular weight is 154 g/mol. The van der Waals surface area contributed by atoms with Gasteiger partial charge in [0.1, 0.15) is 0 Å². The Labute approximate surface area is 68.8 Å². The largest absolute Gasteiger partial charge is 0.390 e. The Kier molecular flexibility index (Phi) is 1.54. The lowest BCUT2D eigenvalue weighted by molar-refractivity contribution is 0.0159. The van der Waals surface area contributed by atoms with Crippen LogP contribution in [-0.2, 0) is 0 Å². The summed E-state index contributed by atoms with van der Waals surface area (Å²) in [7, 11) is 0. The molecule has 0 aromatic rings. The Bertz CT molecular complexity index is 162. The standard InChI is InChI=1S/C10H18O/c1-7-9-5-3-4-8(9)6-10(7,2)11/h7-9,11H,3-6H2,1-2H3/t7-,8+,9-,10+/m0/s1. The molecule has 2 fully saturated rings. The maximum Gasteiger partial charge on any atom is 0.0650 e. The van der Waals surface area contributed by atoms with Crippen molar-refractivity contribution in [3.05, 3.63) is 0 Å². The van der Waals surface area contributed by atoms with Gasteiger partial charge in [-0.15, -0.1) is 0 Å². The summed E-state index contributed by atoms with van der Waals surface area (Å²) in [6, 6.07) is 0. The molecule has 4 atom stereocenters. The van der Waals surface area contributed by atoms with Crippen LogP contribution in [-0.4, -0.2) is 10.7 Å². The highest BCUT2D eigenvalue weighted by atomic mass is 16.3. The van der Waals surface area contributed by atoms with Crippen LogP contribution in [0.5, 0.6) is 0 Å². The molecule has 64 valence electrons. The van der Waals surface area contributed by atoms with Crippen LogP contribution in [0.1, 0.15) is 39.5 Å². The molecule has 1 heteroatoms. The molecule has 0 heterocycles. The molecule has 0 aromatic carbocycles. The van der Waals surface area contributed by atoms with E-state index in [9.17, 15) is 5.11 Å². The lowest BCUT2D eigenvalue weighted by Gasteiger charge is -2.24. The summed E-state index contributed by atoms with van der Waals surface area (Å²) in [5, 5.41) is 9.97. The summed E-state index contributed by atoms with van der Waals surface area (Å²) in [6.45, 7) is 4.23. The maximum absolute atomic E-state index is 9.97. The zero-order valence-electron chi connectivity index (χ0n) is 7.51. The van der Waals surface area contributed by atoms with Crippen molar-refractivity contribution >= 4 is 0 Å². The minimum Gasteiger partial charge on any atom is -0.390 e. The summed E-state index contributed by atoms with van der Waals surface area (Å²) >= 11 is 0. The monoisotopic (exact) mass is 154 g/mol. The summed E-state index contributed by atoms with van der Waals surface area (Å²) in [5.74, 6) is 2.22. The average Bonchev–Trinajstić information content (AvgIpc) is 2.39. The second kappa shape index (κ2) is 2.22. The first kappa shape index (κ1) is 7.60. The van der Waals surface area contributed by atoms with E-state index in [1.807, 2.05) is 6.92 Å². The molecular formula is C10H18O. The van der Waals surface area contributed by atoms with Crippen LogP contribution in [0.15, 0.2) is 0 Å². The number of fused-ring (bicyclic) bond motifs is 1. The van der Waals surface area contributed by atoms with E-state index in [0.717, 1.165) is 18.3 Å². The van der Waals surface area contributed by atoms with Gasteiger partial charge in [0.15, 0.2) is 0 Å². The molecule has 0 bridgehead atoms. The van der Waals surface area contributed by atoms with E-state index in [0.29, 0.717) is 5.92 Å². The van der Waals surface area contributed by atoms with Gasteiger partial charge in [-0.3, -0.25) is 0 Å². The first-order valence-corrected chi connectivity index (χ1v) is 4.83. The van der Waals surface area contributed by atoms with Crippen LogP contribution < -0.4 is 0 Å². The summed E-state index contributed by atoms with van der Waals surface area (Å²) in [6.07, 6.45) is 5.18. The van der Waals surface area contributed by atoms with Crippen LogP contribution in [0.3, 0.4) is 0 Å². The predicted octanol–water partition coefficient (Wildman–Crippen LogP) is 2.19. The minimum atomic E-state index is -0.351. The fourth-order valence-corrected chi connectivity index (χ4v) is 3.16. The van der Waals surface area contributed by atoms with Gasteiger partial charge in [-0.1, -0.05) is 19.8 Å². The lowest BCUT2D eigenvalue weighted by atomic mass is 9.88. The van der Waals surface area contributed by atoms with Crippen molar-refractivity contribution in [3.8, 4) is 0 Å². The maximum atomic E-state index is 9.97. The number of rotatable bonds is 0. The fourth-order valence-electron chi connectivity index (χ4n) is 3.16. The molecule has 0 aromatic heterocycles. The molecule has 1 nitrogen and oxygen atoms in total. The number of hydrogen-bond acceptors (Lipinski definition) is 1. The van der Waals surface area contributed by atoms with Gasteiger partial charge in [0.25, 0.3) is 0 Å². The zero-order valence-corrected chi connectivity index (χ0v) is 7.51. The van der Waals surface area contributed by atoms with E-state index in [-0.39, 0.29) is 5.60 Å². The van der Waals surface area contributed by atoms with E-state index in [1.165, 1.54) is 19.3 Å². The van der Waals surface area contributed by atoms with E-state index in [1.54, 1.807) is 0 Å². The minimum absolute atomic E-state index is 0.351. The predicted molar refractivity (Wildman–Crippen MR) is 45.2 cm³/mol. The van der Waals surface area contributed by atoms with Crippen LogP contribution in [0, 0.1) is 17.8 Å². The quantitative estimate of drug-likeness (QED) is 0.567. The number of aliphatic hydroxyl groups is 1. The van der Waals surface area contributed by atoms with E-state index < -0.39 is 0 Å². The summed E-state index contributed by atoms with van der Waals surface area (Å²) in [4.78, 5) is 0. The van der Waals surface area contributed by atoms with Crippen molar-refractivity contribution in [1.82, 2.24) is 0 Å². The van der Waals surface area contributed by atoms with Gasteiger partial charge in [-0.25, -0.2) is 0 Å². The Morgan fingerprint density at radius 3 is 2.73 bits per heavy atom. The Morgan fingerprint density at radius 2 is 2.09 bits per heavy atom. The Balaban J connectivity index is 2.17. The molecule has 0 spiro atoms. The Morgan fingerprint density at radius 1 is 1.36 bits per heavy atom. The molecule has 0 saturated heterocycles. The second-order valence-electron chi connectivity index (χ2n) is 4.70. The molecule has 2 rings (SSSR count). The first-order chi connectivity index (χ1) is 5.11. The zero-order chi connectivity index (χ0) is 8.06. The topological polar surface area (TPSA) is 20.2 Å². The van der Waals surface area contributed by atoms with Crippen LogP contribution >= 0.6 is 0 Å². The van der Waals surface area contributed by atoms with Crippen molar-refractivity contribution in [1.29, 1.82) is 0 Å². The molecular weight excluding hydrogens is 136 g/mol. The van der Waals surface area contributed by atoms with E-state index >= 15 is 0 Å². The van der Waals surface area contributed by atoms with Gasteiger partial charge in [0, 0.05) is 0 Å². The van der Waals surface area contributed by atoms with Crippen molar-refractivity contribution in [2.24, 2.45) is 17.8 Å². The molecule has 1 N–H and O–H groups in total. The first-order valence-electron chi connectivity index (χ1n) is 4.83. The van der Waals surface area contributed by atoms with Crippen molar-refractivity contribution in [2.75, 3.05) is 0 Å². The smallest absolute Gasteiger partial charge is 0.0650 e. The van der Waals surface area contributed by atoms with Gasteiger partial charge in [0.2, 0.25) is 0 Å². The van der Waals surface area contributed by atoms with Crippen molar-refractivity contribution in [3.63, 3.8) is 0 Å². The van der Waals surface area contributed by atoms with E-state index in [4.69, 9.17) is 0 Å². The third-order valence-electron chi connectivity index (χ3n) is 4.02. The van der Waals surface area contributed by atoms with Gasteiger partial charge in [0.05, 0.1) is 5.60 Å². The van der Waals surface area contributed by atoms with Gasteiger partial charge < -0.3 is 5.11 Å². The van der Waals surface area contributed by atoms with Crippen LogP contribution in [0.4, 0.5) is 0 Å². The summed E-state index contributed by atoms with van der Waals surface area (Å²) in [5.41, 5.74) is -0.351. The molecule has 0 radical (unpaired) electrons. The van der Waals surface area contributed by atoms with Gasteiger partial charge in [-0.05, 0) is 37.5 Å². The third-order valence-corrected chi connectivity index (χ3v) is 4.02. The third kappa shape index (κ3) is 1.01. The molecule has 2 aliphatic carbocycles. The molecule has 0 unspecified atom stereocenters. The molecule has 11 heavy (non-hydrogen) atoms. The van der Waals surface area contributed by atoms with Crippen molar-refractivity contribution < 1.29 is 5.11 Å². The second-order valence-corrected chi connectivity index (χ2v) is 4.70. The highest BCUT2D eigenvalue weighted by molar-refractivity contribution is 4.99. The molecule has 0 amide bonds. The molecule has 2 aliphatic rings. The van der Waals surface area contributed by atoms with Crippen LogP contribution in [0.25, 0.3) is 0 Å². The highest BCUT2D eigenvalue weighted by Gasteiger charge is 2.48. The van der Waals surface area contributed by atoms with Crippen molar-refractivity contribution in [2.45, 2.75) is 45.1 Å². The van der Waals surface area contributed by atoms with Gasteiger partial charge >= 0.3 is 0 Å². The highest BCUT2D eigenvalue weighted by Crippen LogP contribution is 2.51. The van der Waals surface area contributed by atoms with Gasteiger partial charge in [-0.2, -0.15) is 0 Å². The number of hydrogen-bond donors (Lipinski definition) is 1. The van der Waals surface area contributed by atoms with Crippen LogP contribution in [0.2, 0.25) is 0 Å². The lowest BCUT2D eigenvalue weighted by Crippen LogP contribution is -2.29. The Hall–Kier alpha value is -0.0400. The summed E-state index contributed by atoms with van der Waals surface area (Å²) < 4.78 is 0. The normalized spacial score (nSPS) is 56.5. The van der Waals surface area contributed by atoms with E-state index in [2.05, 4.69) is 6.92 Å². The fraction of sp³-hybridized carbons (Fsp3) is 1.00. The SMILES string of the molecule is C[C@H]1[C@@H]2CCC[C@@H]2C[C@@]1(C)O. The molecule has 2 saturated carbocycles.